The van der Waals surface area contributed by atoms with Gasteiger partial charge in [-0.05, 0) is 54.4 Å². The molecule has 4 rings (SSSR count). The van der Waals surface area contributed by atoms with Crippen molar-refractivity contribution in [2.75, 3.05) is 0 Å². The first-order valence-electron chi connectivity index (χ1n) is 9.61. The molecule has 3 heteroatoms. The van der Waals surface area contributed by atoms with Gasteiger partial charge in [0.15, 0.2) is 0 Å². The zero-order valence-electron chi connectivity index (χ0n) is 15.9. The highest BCUT2D eigenvalue weighted by Gasteiger charge is 2.29. The largest absolute Gasteiger partial charge is 0.305 e. The predicted octanol–water partition coefficient (Wildman–Crippen LogP) is 7.01. The van der Waals surface area contributed by atoms with E-state index in [1.807, 2.05) is 23.1 Å². The van der Waals surface area contributed by atoms with Crippen LogP contribution >= 0.6 is 23.1 Å². The van der Waals surface area contributed by atoms with E-state index in [-0.39, 0.29) is 0 Å². The van der Waals surface area contributed by atoms with Gasteiger partial charge >= 0.3 is 0 Å². The van der Waals surface area contributed by atoms with Crippen LogP contribution in [0.5, 0.6) is 0 Å². The zero-order valence-corrected chi connectivity index (χ0v) is 17.6. The molecular formula is C24H25NS2. The second-order valence-corrected chi connectivity index (χ2v) is 9.72. The van der Waals surface area contributed by atoms with Gasteiger partial charge in [-0.25, -0.2) is 0 Å². The van der Waals surface area contributed by atoms with Crippen molar-refractivity contribution in [2.24, 2.45) is 0 Å². The number of thiophene rings is 1. The van der Waals surface area contributed by atoms with Gasteiger partial charge in [-0.1, -0.05) is 61.5 Å². The summed E-state index contributed by atoms with van der Waals surface area (Å²) in [6.45, 7) is 4.42. The van der Waals surface area contributed by atoms with Gasteiger partial charge in [-0.3, -0.25) is 0 Å². The molecule has 0 radical (unpaired) electrons. The molecule has 0 aliphatic heterocycles. The van der Waals surface area contributed by atoms with Crippen molar-refractivity contribution in [3.63, 3.8) is 0 Å². The van der Waals surface area contributed by atoms with Crippen LogP contribution in [-0.2, 0) is 18.6 Å². The van der Waals surface area contributed by atoms with E-state index in [1.54, 1.807) is 0 Å². The number of fused-ring (bicyclic) bond motifs is 1. The minimum atomic E-state index is 0.441. The molecule has 138 valence electrons. The standard InChI is InChI=1S/C24H25NS2/c1-3-17-9-11-19(12-10-17)20-13-21-16(2)27-24(23(21)22(25)14-20)26-15-18-7-5-4-6-8-18/h4-12,20,25H,3,13-15H2,1-2H3. The second kappa shape index (κ2) is 8.04. The molecular weight excluding hydrogens is 366 g/mol. The summed E-state index contributed by atoms with van der Waals surface area (Å²) >= 11 is 3.77. The molecule has 0 saturated carbocycles. The fourth-order valence-electron chi connectivity index (χ4n) is 3.86. The molecule has 1 aliphatic carbocycles. The summed E-state index contributed by atoms with van der Waals surface area (Å²) < 4.78 is 1.33. The fourth-order valence-corrected chi connectivity index (χ4v) is 6.46. The number of hydrogen-bond donors (Lipinski definition) is 1. The molecule has 27 heavy (non-hydrogen) atoms. The Hall–Kier alpha value is -1.84. The Bertz CT molecular complexity index is 939. The first-order valence-corrected chi connectivity index (χ1v) is 11.4. The average Bonchev–Trinajstić information content (AvgIpc) is 3.03. The van der Waals surface area contributed by atoms with Crippen molar-refractivity contribution in [2.45, 2.75) is 49.0 Å². The van der Waals surface area contributed by atoms with Crippen LogP contribution in [-0.4, -0.2) is 5.71 Å². The first-order chi connectivity index (χ1) is 13.2. The van der Waals surface area contributed by atoms with Crippen LogP contribution in [0.2, 0.25) is 0 Å². The third-order valence-electron chi connectivity index (χ3n) is 5.45. The van der Waals surface area contributed by atoms with Crippen LogP contribution in [0, 0.1) is 12.3 Å². The molecule has 1 atom stereocenters. The molecule has 1 heterocycles. The predicted molar refractivity (Wildman–Crippen MR) is 119 cm³/mol. The van der Waals surface area contributed by atoms with Gasteiger partial charge in [0.1, 0.15) is 0 Å². The van der Waals surface area contributed by atoms with Crippen LogP contribution in [0.4, 0.5) is 0 Å². The van der Waals surface area contributed by atoms with E-state index in [9.17, 15) is 0 Å². The van der Waals surface area contributed by atoms with Crippen molar-refractivity contribution >= 4 is 28.8 Å². The average molecular weight is 392 g/mol. The Morgan fingerprint density at radius 1 is 1.00 bits per heavy atom. The van der Waals surface area contributed by atoms with Crippen LogP contribution in [0.1, 0.15) is 52.0 Å². The maximum atomic E-state index is 8.76. The zero-order chi connectivity index (χ0) is 18.8. The Morgan fingerprint density at radius 2 is 1.74 bits per heavy atom. The lowest BCUT2D eigenvalue weighted by Crippen LogP contribution is -2.18. The number of rotatable bonds is 5. The first kappa shape index (κ1) is 18.5. The van der Waals surface area contributed by atoms with Gasteiger partial charge in [0.2, 0.25) is 0 Å². The molecule has 0 saturated heterocycles. The Kier molecular flexibility index (Phi) is 5.51. The van der Waals surface area contributed by atoms with E-state index in [4.69, 9.17) is 5.41 Å². The number of nitrogens with one attached hydrogen (secondary N) is 1. The lowest BCUT2D eigenvalue weighted by Gasteiger charge is -2.25. The van der Waals surface area contributed by atoms with E-state index in [2.05, 4.69) is 68.4 Å². The third-order valence-corrected chi connectivity index (χ3v) is 7.94. The van der Waals surface area contributed by atoms with Crippen molar-refractivity contribution in [3.05, 3.63) is 87.3 Å². The van der Waals surface area contributed by atoms with Crippen LogP contribution < -0.4 is 0 Å². The van der Waals surface area contributed by atoms with E-state index in [0.29, 0.717) is 5.92 Å². The van der Waals surface area contributed by atoms with Gasteiger partial charge in [-0.2, -0.15) is 0 Å². The summed E-state index contributed by atoms with van der Waals surface area (Å²) in [4.78, 5) is 1.39. The maximum Gasteiger partial charge on any atom is 0.0698 e. The monoisotopic (exact) mass is 391 g/mol. The molecule has 3 aromatic rings. The number of benzene rings is 2. The Morgan fingerprint density at radius 3 is 2.44 bits per heavy atom. The summed E-state index contributed by atoms with van der Waals surface area (Å²) in [5, 5.41) is 8.76. The van der Waals surface area contributed by atoms with E-state index in [1.165, 1.54) is 36.9 Å². The summed E-state index contributed by atoms with van der Waals surface area (Å²) in [5.74, 6) is 1.42. The quantitative estimate of drug-likeness (QED) is 0.465. The smallest absolute Gasteiger partial charge is 0.0698 e. The topological polar surface area (TPSA) is 23.9 Å². The SMILES string of the molecule is CCc1ccc(C2CC(=N)c3c(SCc4ccccc4)sc(C)c3C2)cc1. The normalized spacial score (nSPS) is 16.4. The van der Waals surface area contributed by atoms with Crippen molar-refractivity contribution in [1.29, 1.82) is 5.41 Å². The van der Waals surface area contributed by atoms with Crippen molar-refractivity contribution < 1.29 is 0 Å². The number of thioether (sulfide) groups is 1. The van der Waals surface area contributed by atoms with Gasteiger partial charge < -0.3 is 5.41 Å². The fraction of sp³-hybridized carbons (Fsp3) is 0.292. The van der Waals surface area contributed by atoms with E-state index < -0.39 is 0 Å². The van der Waals surface area contributed by atoms with E-state index in [0.717, 1.165) is 30.7 Å². The molecule has 0 spiro atoms. The molecule has 1 aliphatic rings. The summed E-state index contributed by atoms with van der Waals surface area (Å²) in [5.41, 5.74) is 7.58. The van der Waals surface area contributed by atoms with Crippen LogP contribution in [0.3, 0.4) is 0 Å². The molecule has 0 fully saturated rings. The lowest BCUT2D eigenvalue weighted by atomic mass is 9.80. The Labute approximate surface area is 170 Å². The van der Waals surface area contributed by atoms with Crippen molar-refractivity contribution in [1.82, 2.24) is 0 Å². The highest BCUT2D eigenvalue weighted by atomic mass is 32.2. The molecule has 2 aromatic carbocycles. The van der Waals surface area contributed by atoms with Gasteiger partial charge in [0, 0.05) is 21.9 Å². The highest BCUT2D eigenvalue weighted by Crippen LogP contribution is 2.44. The molecule has 1 nitrogen and oxygen atoms in total. The summed E-state index contributed by atoms with van der Waals surface area (Å²) in [6.07, 6.45) is 3.00. The van der Waals surface area contributed by atoms with Gasteiger partial charge in [0.05, 0.1) is 4.21 Å². The summed E-state index contributed by atoms with van der Waals surface area (Å²) in [6, 6.07) is 19.7. The highest BCUT2D eigenvalue weighted by molar-refractivity contribution is 8.00. The number of hydrogen-bond acceptors (Lipinski definition) is 3. The third kappa shape index (κ3) is 3.90. The summed E-state index contributed by atoms with van der Waals surface area (Å²) in [7, 11) is 0. The van der Waals surface area contributed by atoms with Crippen LogP contribution in [0.25, 0.3) is 0 Å². The van der Waals surface area contributed by atoms with Crippen LogP contribution in [0.15, 0.2) is 58.8 Å². The number of aryl methyl sites for hydroxylation is 2. The minimum absolute atomic E-state index is 0.441. The molecule has 1 N–H and O–H groups in total. The van der Waals surface area contributed by atoms with Gasteiger partial charge in [-0.15, -0.1) is 23.1 Å². The maximum absolute atomic E-state index is 8.76. The van der Waals surface area contributed by atoms with E-state index >= 15 is 0 Å². The Balaban J connectivity index is 1.56. The van der Waals surface area contributed by atoms with Gasteiger partial charge in [0.25, 0.3) is 0 Å². The second-order valence-electron chi connectivity index (χ2n) is 7.25. The molecule has 1 aromatic heterocycles. The molecule has 0 amide bonds. The minimum Gasteiger partial charge on any atom is -0.305 e. The molecule has 1 unspecified atom stereocenters. The van der Waals surface area contributed by atoms with Crippen molar-refractivity contribution in [3.8, 4) is 0 Å². The lowest BCUT2D eigenvalue weighted by molar-refractivity contribution is 0.692. The molecule has 0 bridgehead atoms.